The molecule has 5 nitrogen and oxygen atoms in total. The highest BCUT2D eigenvalue weighted by Crippen LogP contribution is 2.16. The van der Waals surface area contributed by atoms with Gasteiger partial charge in [-0.3, -0.25) is 0 Å². The molecule has 6 heteroatoms. The third-order valence-corrected chi connectivity index (χ3v) is 4.36. The molecule has 0 aromatic heterocycles. The largest absolute Gasteiger partial charge is 0.392 e. The van der Waals surface area contributed by atoms with Crippen LogP contribution >= 0.6 is 0 Å². The first-order valence-corrected chi connectivity index (χ1v) is 8.16. The standard InChI is InChI=1S/C14H24N2O3S/c1-11(2)9-13(17)10-15-20(18,19)14-7-5-12(6-8-14)16(3)4/h5-8,11,13,15,17H,9-10H2,1-4H3/t13-/m0/s1. The van der Waals surface area contributed by atoms with Crippen LogP contribution in [0.5, 0.6) is 0 Å². The van der Waals surface area contributed by atoms with Gasteiger partial charge in [0.2, 0.25) is 10.0 Å². The number of benzene rings is 1. The number of nitrogens with zero attached hydrogens (tertiary/aromatic N) is 1. The van der Waals surface area contributed by atoms with E-state index in [0.29, 0.717) is 12.3 Å². The average molecular weight is 300 g/mol. The summed E-state index contributed by atoms with van der Waals surface area (Å²) >= 11 is 0. The summed E-state index contributed by atoms with van der Waals surface area (Å²) in [6, 6.07) is 6.62. The van der Waals surface area contributed by atoms with E-state index in [1.165, 1.54) is 0 Å². The van der Waals surface area contributed by atoms with Gasteiger partial charge in [-0.15, -0.1) is 0 Å². The summed E-state index contributed by atoms with van der Waals surface area (Å²) in [5.41, 5.74) is 0.934. The van der Waals surface area contributed by atoms with Gasteiger partial charge in [-0.25, -0.2) is 13.1 Å². The lowest BCUT2D eigenvalue weighted by molar-refractivity contribution is 0.152. The van der Waals surface area contributed by atoms with E-state index < -0.39 is 16.1 Å². The van der Waals surface area contributed by atoms with Crippen molar-refractivity contribution in [3.8, 4) is 0 Å². The molecular weight excluding hydrogens is 276 g/mol. The zero-order valence-corrected chi connectivity index (χ0v) is 13.3. The van der Waals surface area contributed by atoms with E-state index in [1.54, 1.807) is 24.3 Å². The van der Waals surface area contributed by atoms with Gasteiger partial charge in [0.05, 0.1) is 11.0 Å². The van der Waals surface area contributed by atoms with Crippen LogP contribution in [0.25, 0.3) is 0 Å². The Kier molecular flexibility index (Phi) is 5.98. The van der Waals surface area contributed by atoms with Crippen molar-refractivity contribution in [2.45, 2.75) is 31.3 Å². The van der Waals surface area contributed by atoms with Crippen molar-refractivity contribution < 1.29 is 13.5 Å². The van der Waals surface area contributed by atoms with Gasteiger partial charge in [-0.1, -0.05) is 13.8 Å². The summed E-state index contributed by atoms with van der Waals surface area (Å²) in [6.45, 7) is 4.01. The van der Waals surface area contributed by atoms with E-state index in [-0.39, 0.29) is 11.4 Å². The first-order chi connectivity index (χ1) is 9.22. The predicted octanol–water partition coefficient (Wildman–Crippen LogP) is 1.44. The molecule has 1 aromatic carbocycles. The van der Waals surface area contributed by atoms with Crippen LogP contribution in [0.3, 0.4) is 0 Å². The van der Waals surface area contributed by atoms with E-state index >= 15 is 0 Å². The third kappa shape index (κ3) is 5.11. The molecule has 1 atom stereocenters. The van der Waals surface area contributed by atoms with Gasteiger partial charge in [0.1, 0.15) is 0 Å². The van der Waals surface area contributed by atoms with Gasteiger partial charge in [-0.2, -0.15) is 0 Å². The second-order valence-electron chi connectivity index (χ2n) is 5.52. The molecule has 0 aliphatic heterocycles. The first kappa shape index (κ1) is 16.9. The molecule has 20 heavy (non-hydrogen) atoms. The molecule has 0 aliphatic carbocycles. The number of hydrogen-bond acceptors (Lipinski definition) is 4. The Morgan fingerprint density at radius 2 is 1.75 bits per heavy atom. The van der Waals surface area contributed by atoms with Crippen LogP contribution in [0.2, 0.25) is 0 Å². The van der Waals surface area contributed by atoms with Crippen LogP contribution in [0.4, 0.5) is 5.69 Å². The van der Waals surface area contributed by atoms with E-state index in [2.05, 4.69) is 4.72 Å². The number of hydrogen-bond donors (Lipinski definition) is 2. The molecule has 114 valence electrons. The van der Waals surface area contributed by atoms with Crippen LogP contribution in [-0.2, 0) is 10.0 Å². The highest BCUT2D eigenvalue weighted by Gasteiger charge is 2.16. The van der Waals surface area contributed by atoms with Crippen molar-refractivity contribution in [3.05, 3.63) is 24.3 Å². The summed E-state index contributed by atoms with van der Waals surface area (Å²) in [7, 11) is 0.224. The number of aliphatic hydroxyl groups excluding tert-OH is 1. The molecule has 0 bridgehead atoms. The Bertz CT molecular complexity index is 510. The zero-order chi connectivity index (χ0) is 15.3. The molecule has 0 spiro atoms. The highest BCUT2D eigenvalue weighted by atomic mass is 32.2. The minimum absolute atomic E-state index is 0.0376. The lowest BCUT2D eigenvalue weighted by Crippen LogP contribution is -2.32. The molecule has 0 aliphatic rings. The maximum Gasteiger partial charge on any atom is 0.240 e. The summed E-state index contributed by atoms with van der Waals surface area (Å²) in [5.74, 6) is 0.328. The zero-order valence-electron chi connectivity index (χ0n) is 12.5. The number of aliphatic hydroxyl groups is 1. The lowest BCUT2D eigenvalue weighted by atomic mass is 10.1. The van der Waals surface area contributed by atoms with Gasteiger partial charge in [0.15, 0.2) is 0 Å². The predicted molar refractivity (Wildman–Crippen MR) is 81.4 cm³/mol. The van der Waals surface area contributed by atoms with Crippen molar-refractivity contribution >= 4 is 15.7 Å². The Morgan fingerprint density at radius 3 is 2.20 bits per heavy atom. The second kappa shape index (κ2) is 7.06. The molecule has 0 saturated heterocycles. The second-order valence-corrected chi connectivity index (χ2v) is 7.29. The van der Waals surface area contributed by atoms with Crippen molar-refractivity contribution in [1.29, 1.82) is 0 Å². The van der Waals surface area contributed by atoms with Crippen LogP contribution in [0.1, 0.15) is 20.3 Å². The topological polar surface area (TPSA) is 69.6 Å². The molecule has 0 amide bonds. The Hall–Kier alpha value is -1.11. The fourth-order valence-corrected chi connectivity index (χ4v) is 2.91. The molecule has 0 fully saturated rings. The highest BCUT2D eigenvalue weighted by molar-refractivity contribution is 7.89. The van der Waals surface area contributed by atoms with Gasteiger partial charge >= 0.3 is 0 Å². The number of rotatable bonds is 7. The Balaban J connectivity index is 2.69. The summed E-state index contributed by atoms with van der Waals surface area (Å²) < 4.78 is 26.6. The summed E-state index contributed by atoms with van der Waals surface area (Å²) in [5, 5.41) is 9.71. The molecule has 0 heterocycles. The van der Waals surface area contributed by atoms with Crippen molar-refractivity contribution in [1.82, 2.24) is 4.72 Å². The average Bonchev–Trinajstić information content (AvgIpc) is 2.36. The third-order valence-electron chi connectivity index (χ3n) is 2.92. The van der Waals surface area contributed by atoms with Gasteiger partial charge in [0, 0.05) is 26.3 Å². The maximum atomic E-state index is 12.1. The number of sulfonamides is 1. The van der Waals surface area contributed by atoms with Crippen molar-refractivity contribution in [3.63, 3.8) is 0 Å². The molecule has 1 aromatic rings. The molecular formula is C14H24N2O3S. The molecule has 0 unspecified atom stereocenters. The molecule has 1 rings (SSSR count). The first-order valence-electron chi connectivity index (χ1n) is 6.67. The van der Waals surface area contributed by atoms with Crippen LogP contribution in [0.15, 0.2) is 29.2 Å². The molecule has 0 radical (unpaired) electrons. The van der Waals surface area contributed by atoms with Gasteiger partial charge in [-0.05, 0) is 36.6 Å². The minimum atomic E-state index is -3.56. The van der Waals surface area contributed by atoms with E-state index in [9.17, 15) is 13.5 Å². The summed E-state index contributed by atoms with van der Waals surface area (Å²) in [6.07, 6.45) is -0.0898. The SMILES string of the molecule is CC(C)C[C@H](O)CNS(=O)(=O)c1ccc(N(C)C)cc1. The Morgan fingerprint density at radius 1 is 1.20 bits per heavy atom. The normalized spacial score (nSPS) is 13.5. The Labute approximate surface area is 121 Å². The van der Waals surface area contributed by atoms with E-state index in [4.69, 9.17) is 0 Å². The molecule has 0 saturated carbocycles. The van der Waals surface area contributed by atoms with Crippen molar-refractivity contribution in [2.24, 2.45) is 5.92 Å². The number of anilines is 1. The monoisotopic (exact) mass is 300 g/mol. The smallest absolute Gasteiger partial charge is 0.240 e. The fourth-order valence-electron chi connectivity index (χ4n) is 1.84. The van der Waals surface area contributed by atoms with Gasteiger partial charge in [0.25, 0.3) is 0 Å². The van der Waals surface area contributed by atoms with E-state index in [0.717, 1.165) is 5.69 Å². The van der Waals surface area contributed by atoms with Crippen LogP contribution < -0.4 is 9.62 Å². The van der Waals surface area contributed by atoms with Gasteiger partial charge < -0.3 is 10.0 Å². The molecule has 2 N–H and O–H groups in total. The van der Waals surface area contributed by atoms with E-state index in [1.807, 2.05) is 32.8 Å². The summed E-state index contributed by atoms with van der Waals surface area (Å²) in [4.78, 5) is 2.11. The fraction of sp³-hybridized carbons (Fsp3) is 0.571. The maximum absolute atomic E-state index is 12.1. The van der Waals surface area contributed by atoms with Crippen molar-refractivity contribution in [2.75, 3.05) is 25.5 Å². The number of nitrogens with one attached hydrogen (secondary N) is 1. The quantitative estimate of drug-likeness (QED) is 0.799. The minimum Gasteiger partial charge on any atom is -0.392 e. The van der Waals surface area contributed by atoms with Crippen LogP contribution in [-0.4, -0.2) is 40.3 Å². The van der Waals surface area contributed by atoms with Crippen LogP contribution in [0, 0.1) is 5.92 Å². The lowest BCUT2D eigenvalue weighted by Gasteiger charge is -2.15.